The molecule has 2 aromatic rings. The molecule has 0 amide bonds. The van der Waals surface area contributed by atoms with Gasteiger partial charge in [-0.15, -0.1) is 0 Å². The molecule has 0 bridgehead atoms. The zero-order valence-electron chi connectivity index (χ0n) is 19.1. The van der Waals surface area contributed by atoms with E-state index < -0.39 is 54.6 Å². The van der Waals surface area contributed by atoms with E-state index in [1.165, 1.54) is 4.57 Å². The number of nitrogens with zero attached hydrogens (tertiary/aromatic N) is 4. The number of fused-ring (bicyclic) bond motifs is 1. The average molecular weight is 674 g/mol. The van der Waals surface area contributed by atoms with Crippen molar-refractivity contribution in [3.63, 3.8) is 0 Å². The Morgan fingerprint density at radius 2 is 1.61 bits per heavy atom. The minimum absolute atomic E-state index is 0. The SMILES string of the molecule is Nc1ncnc2c1nc(Br)n2C1OC(COP(=O)([O-])OP(=O)([O-])OP(=O)([O-])[O-])C(O)C1O.[Na+].[Na+].[Na+].[Na+]. The molecule has 2 aromatic heterocycles. The van der Waals surface area contributed by atoms with E-state index in [1.807, 2.05) is 0 Å². The number of hydrogen-bond acceptors (Lipinski definition) is 17. The summed E-state index contributed by atoms with van der Waals surface area (Å²) in [5.41, 5.74) is 5.91. The Bertz CT molecular complexity index is 1170. The Labute approximate surface area is 299 Å². The molecule has 1 fully saturated rings. The third kappa shape index (κ3) is 10.7. The van der Waals surface area contributed by atoms with Crippen molar-refractivity contribution < 1.29 is 180 Å². The van der Waals surface area contributed by atoms with Crippen LogP contribution in [0.25, 0.3) is 11.2 Å². The van der Waals surface area contributed by atoms with Gasteiger partial charge >= 0.3 is 118 Å². The van der Waals surface area contributed by atoms with Crippen LogP contribution in [0.3, 0.4) is 0 Å². The summed E-state index contributed by atoms with van der Waals surface area (Å²) in [4.78, 5) is 55.2. The predicted octanol–water partition coefficient (Wildman–Crippen LogP) is -15.4. The zero-order chi connectivity index (χ0) is 24.1. The Balaban J connectivity index is 0. The number of halogens is 1. The van der Waals surface area contributed by atoms with Gasteiger partial charge in [0.1, 0.15) is 24.6 Å². The first-order chi connectivity index (χ1) is 14.6. The van der Waals surface area contributed by atoms with Crippen LogP contribution in [-0.4, -0.2) is 54.7 Å². The molecular formula is C10H11BrN5Na4O13P3. The number of ether oxygens (including phenoxy) is 1. The summed E-state index contributed by atoms with van der Waals surface area (Å²) in [5.74, 6) is -0.00298. The monoisotopic (exact) mass is 673 g/mol. The summed E-state index contributed by atoms with van der Waals surface area (Å²) < 4.78 is 50.5. The molecule has 1 saturated heterocycles. The van der Waals surface area contributed by atoms with E-state index in [0.29, 0.717) is 0 Å². The second-order valence-corrected chi connectivity index (χ2v) is 11.0. The second-order valence-electron chi connectivity index (χ2n) is 6.03. The Hall–Kier alpha value is 3.12. The molecule has 36 heavy (non-hydrogen) atoms. The van der Waals surface area contributed by atoms with Crippen molar-refractivity contribution in [2.45, 2.75) is 24.5 Å². The van der Waals surface area contributed by atoms with Gasteiger partial charge in [-0.25, -0.2) is 19.3 Å². The van der Waals surface area contributed by atoms with Gasteiger partial charge in [-0.2, -0.15) is 0 Å². The van der Waals surface area contributed by atoms with Crippen LogP contribution in [0.4, 0.5) is 5.82 Å². The minimum atomic E-state index is -6.15. The van der Waals surface area contributed by atoms with Crippen molar-refractivity contribution in [1.82, 2.24) is 19.5 Å². The number of anilines is 1. The molecule has 0 spiro atoms. The number of aliphatic hydroxyl groups is 2. The first-order valence-electron chi connectivity index (χ1n) is 7.97. The van der Waals surface area contributed by atoms with Crippen LogP contribution in [0.5, 0.6) is 0 Å². The number of phosphoric acid groups is 3. The Morgan fingerprint density at radius 3 is 2.17 bits per heavy atom. The van der Waals surface area contributed by atoms with Gasteiger partial charge in [-0.05, 0) is 15.9 Å². The first kappa shape index (κ1) is 41.3. The van der Waals surface area contributed by atoms with Gasteiger partial charge in [-0.3, -0.25) is 18.0 Å². The molecule has 0 saturated carbocycles. The Morgan fingerprint density at radius 1 is 1.03 bits per heavy atom. The third-order valence-electron chi connectivity index (χ3n) is 3.85. The van der Waals surface area contributed by atoms with Gasteiger partial charge in [0, 0.05) is 0 Å². The number of nitrogens with two attached hydrogens (primary N) is 1. The van der Waals surface area contributed by atoms with Crippen molar-refractivity contribution in [3.05, 3.63) is 11.1 Å². The molecule has 6 unspecified atom stereocenters. The molecule has 18 nitrogen and oxygen atoms in total. The van der Waals surface area contributed by atoms with E-state index in [2.05, 4.69) is 44.0 Å². The van der Waals surface area contributed by atoms with Crippen molar-refractivity contribution in [2.24, 2.45) is 0 Å². The molecule has 3 heterocycles. The predicted molar refractivity (Wildman–Crippen MR) is 94.3 cm³/mol. The number of hydrogen-bond donors (Lipinski definition) is 3. The maximum atomic E-state index is 11.6. The topological polar surface area (TPSA) is 290 Å². The summed E-state index contributed by atoms with van der Waals surface area (Å²) in [6, 6.07) is 0. The number of imidazole rings is 1. The molecule has 3 rings (SSSR count). The number of rotatable bonds is 8. The smallest absolute Gasteiger partial charge is 0.790 e. The summed E-state index contributed by atoms with van der Waals surface area (Å²) in [7, 11) is -18.1. The van der Waals surface area contributed by atoms with Gasteiger partial charge in [0.2, 0.25) is 0 Å². The summed E-state index contributed by atoms with van der Waals surface area (Å²) >= 11 is 3.11. The van der Waals surface area contributed by atoms with E-state index >= 15 is 0 Å². The van der Waals surface area contributed by atoms with Crippen LogP contribution in [-0.2, 0) is 31.6 Å². The summed E-state index contributed by atoms with van der Waals surface area (Å²) in [6.45, 7) is -1.09. The number of nitrogen functional groups attached to an aromatic ring is 1. The molecule has 0 radical (unpaired) electrons. The van der Waals surface area contributed by atoms with E-state index in [1.54, 1.807) is 0 Å². The quantitative estimate of drug-likeness (QED) is 0.133. The molecular weight excluding hydrogens is 663 g/mol. The molecule has 0 aliphatic carbocycles. The van der Waals surface area contributed by atoms with Gasteiger partial charge in [0.05, 0.1) is 14.4 Å². The van der Waals surface area contributed by atoms with Crippen LogP contribution < -0.4 is 144 Å². The molecule has 4 N–H and O–H groups in total. The van der Waals surface area contributed by atoms with Gasteiger partial charge in [0.25, 0.3) is 15.6 Å². The fourth-order valence-electron chi connectivity index (χ4n) is 2.65. The normalized spacial score (nSPS) is 24.9. The summed E-state index contributed by atoms with van der Waals surface area (Å²) in [6.07, 6.45) is -5.30. The van der Waals surface area contributed by atoms with Crippen LogP contribution in [0.15, 0.2) is 11.1 Å². The number of phosphoric ester groups is 1. The van der Waals surface area contributed by atoms with Crippen molar-refractivity contribution in [1.29, 1.82) is 0 Å². The molecule has 1 aliphatic heterocycles. The van der Waals surface area contributed by atoms with Crippen LogP contribution in [0.2, 0.25) is 0 Å². The summed E-state index contributed by atoms with van der Waals surface area (Å²) in [5, 5.41) is 20.5. The Kier molecular flexibility index (Phi) is 18.4. The zero-order valence-corrected chi connectivity index (χ0v) is 31.3. The van der Waals surface area contributed by atoms with E-state index in [9.17, 15) is 43.5 Å². The fraction of sp³-hybridized carbons (Fsp3) is 0.500. The molecule has 1 aliphatic rings. The maximum absolute atomic E-state index is 11.6. The molecule has 6 atom stereocenters. The third-order valence-corrected chi connectivity index (χ3v) is 8.08. The van der Waals surface area contributed by atoms with Crippen molar-refractivity contribution >= 4 is 56.4 Å². The maximum Gasteiger partial charge on any atom is 1.00 e. The number of aromatic nitrogens is 4. The number of aliphatic hydroxyl groups excluding tert-OH is 2. The van der Waals surface area contributed by atoms with E-state index in [4.69, 9.17) is 10.5 Å². The van der Waals surface area contributed by atoms with Crippen LogP contribution >= 0.6 is 39.4 Å². The fourth-order valence-corrected chi connectivity index (χ4v) is 6.07. The van der Waals surface area contributed by atoms with Gasteiger partial charge < -0.3 is 49.3 Å². The first-order valence-corrected chi connectivity index (χ1v) is 13.1. The van der Waals surface area contributed by atoms with Gasteiger partial charge in [-0.1, -0.05) is 0 Å². The van der Waals surface area contributed by atoms with Gasteiger partial charge in [0.15, 0.2) is 27.9 Å². The minimum Gasteiger partial charge on any atom is -0.790 e. The van der Waals surface area contributed by atoms with Crippen LogP contribution in [0.1, 0.15) is 6.23 Å². The molecule has 26 heteroatoms. The second kappa shape index (κ2) is 16.1. The average Bonchev–Trinajstić information content (AvgIpc) is 3.08. The standard InChI is InChI=1S/C10H15BrN5O13P3.4Na/c11-10-15-4-7(12)13-2-14-8(4)16(10)9-6(18)5(17)3(27-9)1-26-31(22,23)29-32(24,25)28-30(19,20)21;;;;/h2-3,5-6,9,17-18H,1H2,(H,22,23)(H,24,25)(H2,12,13,14)(H2,19,20,21);;;;/q;4*+1/p-4. The van der Waals surface area contributed by atoms with Crippen molar-refractivity contribution in [3.8, 4) is 0 Å². The van der Waals surface area contributed by atoms with Crippen LogP contribution in [0, 0.1) is 0 Å². The van der Waals surface area contributed by atoms with E-state index in [0.717, 1.165) is 6.33 Å². The largest absolute Gasteiger partial charge is 1.00 e. The molecule has 180 valence electrons. The van der Waals surface area contributed by atoms with E-state index in [-0.39, 0.29) is 140 Å². The molecule has 0 aromatic carbocycles. The van der Waals surface area contributed by atoms with Crippen molar-refractivity contribution in [2.75, 3.05) is 12.3 Å².